The lowest BCUT2D eigenvalue weighted by atomic mass is 10.1. The fourth-order valence-electron chi connectivity index (χ4n) is 3.17. The number of carbonyl (C=O) groups excluding carboxylic acids is 2. The predicted octanol–water partition coefficient (Wildman–Crippen LogP) is -1.31. The summed E-state index contributed by atoms with van der Waals surface area (Å²) in [5.41, 5.74) is 0. The van der Waals surface area contributed by atoms with Gasteiger partial charge in [-0.1, -0.05) is 0 Å². The average molecular weight is 333 g/mol. The fourth-order valence-corrected chi connectivity index (χ4v) is 4.61. The molecular weight excluding hydrogens is 314 g/mol. The first-order valence-electron chi connectivity index (χ1n) is 7.00. The molecule has 6 atom stereocenters. The maximum Gasteiger partial charge on any atom is 0.329 e. The van der Waals surface area contributed by atoms with E-state index in [0.717, 1.165) is 0 Å². The molecular formula is C13H19NO7S. The highest BCUT2D eigenvalue weighted by Gasteiger charge is 2.59. The monoisotopic (exact) mass is 333 g/mol. The molecule has 1 amide bonds. The van der Waals surface area contributed by atoms with Gasteiger partial charge in [0.2, 0.25) is 0 Å². The third kappa shape index (κ3) is 2.31. The first-order chi connectivity index (χ1) is 10.3. The molecule has 22 heavy (non-hydrogen) atoms. The van der Waals surface area contributed by atoms with E-state index in [1.807, 2.05) is 0 Å². The van der Waals surface area contributed by atoms with E-state index < -0.39 is 53.5 Å². The van der Waals surface area contributed by atoms with Crippen LogP contribution >= 0.6 is 11.8 Å². The molecule has 0 aromatic rings. The predicted molar refractivity (Wildman–Crippen MR) is 74.7 cm³/mol. The van der Waals surface area contributed by atoms with Crippen molar-refractivity contribution < 1.29 is 34.0 Å². The van der Waals surface area contributed by atoms with Crippen LogP contribution in [-0.2, 0) is 23.8 Å². The van der Waals surface area contributed by atoms with Crippen molar-refractivity contribution in [2.75, 3.05) is 12.9 Å². The Balaban J connectivity index is 1.94. The van der Waals surface area contributed by atoms with E-state index in [4.69, 9.17) is 14.2 Å². The van der Waals surface area contributed by atoms with Gasteiger partial charge in [-0.3, -0.25) is 4.79 Å². The van der Waals surface area contributed by atoms with Crippen LogP contribution in [0, 0.1) is 0 Å². The van der Waals surface area contributed by atoms with E-state index in [-0.39, 0.29) is 0 Å². The summed E-state index contributed by atoms with van der Waals surface area (Å²) in [6, 6.07) is -0.830. The third-order valence-corrected chi connectivity index (χ3v) is 5.47. The smallest absolute Gasteiger partial charge is 0.329 e. The van der Waals surface area contributed by atoms with Gasteiger partial charge in [0.1, 0.15) is 29.7 Å². The zero-order valence-corrected chi connectivity index (χ0v) is 13.3. The molecule has 0 aromatic heterocycles. The Kier molecular flexibility index (Phi) is 3.89. The van der Waals surface area contributed by atoms with Crippen LogP contribution in [0.5, 0.6) is 0 Å². The van der Waals surface area contributed by atoms with E-state index in [1.165, 1.54) is 23.8 Å². The highest BCUT2D eigenvalue weighted by molar-refractivity contribution is 8.00. The number of aliphatic hydroxyl groups excluding tert-OH is 2. The van der Waals surface area contributed by atoms with Gasteiger partial charge in [-0.15, -0.1) is 11.8 Å². The van der Waals surface area contributed by atoms with Crippen molar-refractivity contribution in [1.29, 1.82) is 0 Å². The Bertz CT molecular complexity index is 499. The van der Waals surface area contributed by atoms with Gasteiger partial charge in [0, 0.05) is 5.75 Å². The minimum atomic E-state index is -1.50. The standard InChI is InChI=1S/C13H19NO7S/c1-13(2)20-8-6(15)10(17)14-5(12(18)19-3)4-22-11(14)7(16)9(8)21-13/h5-9,11,15-16H,4H2,1-3H3/t5-,6-,7-,8+,9+,11-/m0/s1. The van der Waals surface area contributed by atoms with Crippen molar-refractivity contribution in [3.63, 3.8) is 0 Å². The van der Waals surface area contributed by atoms with Gasteiger partial charge < -0.3 is 29.3 Å². The van der Waals surface area contributed by atoms with Crippen molar-refractivity contribution >= 4 is 23.6 Å². The maximum atomic E-state index is 12.6. The Morgan fingerprint density at radius 2 is 2.00 bits per heavy atom. The number of ether oxygens (including phenoxy) is 3. The zero-order chi connectivity index (χ0) is 16.2. The normalized spacial score (nSPS) is 43.5. The van der Waals surface area contributed by atoms with Gasteiger partial charge in [0.05, 0.1) is 7.11 Å². The van der Waals surface area contributed by atoms with E-state index in [1.54, 1.807) is 13.8 Å². The van der Waals surface area contributed by atoms with Crippen molar-refractivity contribution in [1.82, 2.24) is 4.90 Å². The lowest BCUT2D eigenvalue weighted by Gasteiger charge is -2.30. The molecule has 0 spiro atoms. The van der Waals surface area contributed by atoms with Crippen molar-refractivity contribution in [3.8, 4) is 0 Å². The molecule has 124 valence electrons. The summed E-state index contributed by atoms with van der Waals surface area (Å²) < 4.78 is 15.9. The molecule has 8 nitrogen and oxygen atoms in total. The van der Waals surface area contributed by atoms with Crippen LogP contribution in [-0.4, -0.2) is 81.5 Å². The number of rotatable bonds is 1. The highest BCUT2D eigenvalue weighted by Crippen LogP contribution is 2.42. The second-order valence-corrected chi connectivity index (χ2v) is 7.16. The molecule has 0 aliphatic carbocycles. The van der Waals surface area contributed by atoms with Crippen LogP contribution < -0.4 is 0 Å². The Hall–Kier alpha value is -0.870. The Labute approximate surface area is 131 Å². The van der Waals surface area contributed by atoms with Gasteiger partial charge >= 0.3 is 5.97 Å². The summed E-state index contributed by atoms with van der Waals surface area (Å²) in [6.07, 6.45) is -4.39. The summed E-state index contributed by atoms with van der Waals surface area (Å²) in [6.45, 7) is 3.31. The molecule has 0 saturated carbocycles. The van der Waals surface area contributed by atoms with Crippen molar-refractivity contribution in [2.45, 2.75) is 55.5 Å². The maximum absolute atomic E-state index is 12.6. The largest absolute Gasteiger partial charge is 0.467 e. The first kappa shape index (κ1) is 16.0. The quantitative estimate of drug-likeness (QED) is 0.570. The van der Waals surface area contributed by atoms with Crippen LogP contribution in [0.15, 0.2) is 0 Å². The van der Waals surface area contributed by atoms with E-state index in [2.05, 4.69) is 0 Å². The molecule has 0 radical (unpaired) electrons. The highest BCUT2D eigenvalue weighted by atomic mass is 32.2. The molecule has 2 N–H and O–H groups in total. The average Bonchev–Trinajstić information content (AvgIpc) is 3.03. The van der Waals surface area contributed by atoms with Crippen LogP contribution in [0.3, 0.4) is 0 Å². The molecule has 3 rings (SSSR count). The second kappa shape index (κ2) is 5.34. The van der Waals surface area contributed by atoms with Gasteiger partial charge in [-0.2, -0.15) is 0 Å². The SMILES string of the molecule is COC(=O)[C@@H]1CS[C@H]2[C@@H](O)[C@H]3OC(C)(C)O[C@@H]3[C@H](O)C(=O)N12. The molecule has 3 aliphatic rings. The lowest BCUT2D eigenvalue weighted by Crippen LogP contribution is -2.52. The van der Waals surface area contributed by atoms with Crippen molar-refractivity contribution in [3.05, 3.63) is 0 Å². The number of nitrogens with zero attached hydrogens (tertiary/aromatic N) is 1. The number of thioether (sulfide) groups is 1. The molecule has 0 bridgehead atoms. The first-order valence-corrected chi connectivity index (χ1v) is 8.05. The molecule has 9 heteroatoms. The van der Waals surface area contributed by atoms with Gasteiger partial charge in [-0.25, -0.2) is 4.79 Å². The zero-order valence-electron chi connectivity index (χ0n) is 12.5. The molecule has 3 saturated heterocycles. The van der Waals surface area contributed by atoms with Gasteiger partial charge in [-0.05, 0) is 13.8 Å². The number of hydrogen-bond donors (Lipinski definition) is 2. The number of esters is 1. The molecule has 3 heterocycles. The lowest BCUT2D eigenvalue weighted by molar-refractivity contribution is -0.176. The van der Waals surface area contributed by atoms with Crippen LogP contribution in [0.25, 0.3) is 0 Å². The summed E-state index contributed by atoms with van der Waals surface area (Å²) in [5, 5.41) is 20.2. The van der Waals surface area contributed by atoms with Gasteiger partial charge in [0.15, 0.2) is 11.9 Å². The summed E-state index contributed by atoms with van der Waals surface area (Å²) in [4.78, 5) is 25.6. The summed E-state index contributed by atoms with van der Waals surface area (Å²) in [5.74, 6) is -1.92. The van der Waals surface area contributed by atoms with Crippen LogP contribution in [0.4, 0.5) is 0 Å². The number of fused-ring (bicyclic) bond motifs is 2. The number of methoxy groups -OCH3 is 1. The fraction of sp³-hybridized carbons (Fsp3) is 0.846. The van der Waals surface area contributed by atoms with Gasteiger partial charge in [0.25, 0.3) is 5.91 Å². The Morgan fingerprint density at radius 3 is 2.64 bits per heavy atom. The van der Waals surface area contributed by atoms with Crippen LogP contribution in [0.1, 0.15) is 13.8 Å². The molecule has 0 aromatic carbocycles. The summed E-state index contributed by atoms with van der Waals surface area (Å²) in [7, 11) is 1.24. The summed E-state index contributed by atoms with van der Waals surface area (Å²) >= 11 is 1.26. The number of amides is 1. The third-order valence-electron chi connectivity index (χ3n) is 4.12. The van der Waals surface area contributed by atoms with Crippen molar-refractivity contribution in [2.24, 2.45) is 0 Å². The van der Waals surface area contributed by atoms with Crippen LogP contribution in [0.2, 0.25) is 0 Å². The number of hydrogen-bond acceptors (Lipinski definition) is 8. The molecule has 3 fully saturated rings. The molecule has 3 aliphatic heterocycles. The minimum absolute atomic E-state index is 0.300. The Morgan fingerprint density at radius 1 is 1.36 bits per heavy atom. The molecule has 0 unspecified atom stereocenters. The van der Waals surface area contributed by atoms with E-state index in [0.29, 0.717) is 5.75 Å². The topological polar surface area (TPSA) is 106 Å². The minimum Gasteiger partial charge on any atom is -0.467 e. The number of carbonyl (C=O) groups is 2. The van der Waals surface area contributed by atoms with E-state index >= 15 is 0 Å². The van der Waals surface area contributed by atoms with E-state index in [9.17, 15) is 19.8 Å². The second-order valence-electron chi connectivity index (χ2n) is 6.01. The number of aliphatic hydroxyl groups is 2.